The standard InChI is InChI=1S/C13H14ClFN2O2S2/c1-16-7-6-10-3-5-13(20-10)21(18,19)17-12-4-2-9(15)8-11(12)14/h2-5,8,16-17H,6-7H2,1H3. The van der Waals surface area contributed by atoms with E-state index in [1.165, 1.54) is 17.4 Å². The maximum Gasteiger partial charge on any atom is 0.271 e. The molecular formula is C13H14ClFN2O2S2. The van der Waals surface area contributed by atoms with E-state index in [0.29, 0.717) is 0 Å². The molecule has 1 heterocycles. The summed E-state index contributed by atoms with van der Waals surface area (Å²) in [5, 5.41) is 3.02. The van der Waals surface area contributed by atoms with Gasteiger partial charge >= 0.3 is 0 Å². The Balaban J connectivity index is 2.19. The lowest BCUT2D eigenvalue weighted by atomic mass is 10.3. The van der Waals surface area contributed by atoms with Crippen LogP contribution in [0.15, 0.2) is 34.5 Å². The zero-order valence-electron chi connectivity index (χ0n) is 11.2. The second-order valence-corrected chi connectivity index (χ2v) is 7.79. The summed E-state index contributed by atoms with van der Waals surface area (Å²) in [7, 11) is -1.88. The van der Waals surface area contributed by atoms with Gasteiger partial charge in [-0.15, -0.1) is 11.3 Å². The van der Waals surface area contributed by atoms with Gasteiger partial charge in [-0.25, -0.2) is 12.8 Å². The van der Waals surface area contributed by atoms with Gasteiger partial charge in [-0.1, -0.05) is 11.6 Å². The van der Waals surface area contributed by atoms with E-state index in [4.69, 9.17) is 11.6 Å². The summed E-state index contributed by atoms with van der Waals surface area (Å²) in [5.41, 5.74) is 0.156. The summed E-state index contributed by atoms with van der Waals surface area (Å²) in [6.45, 7) is 0.775. The highest BCUT2D eigenvalue weighted by Gasteiger charge is 2.18. The van der Waals surface area contributed by atoms with Crippen LogP contribution in [0.5, 0.6) is 0 Å². The molecule has 0 bridgehead atoms. The van der Waals surface area contributed by atoms with Gasteiger partial charge in [0.2, 0.25) is 0 Å². The maximum absolute atomic E-state index is 13.0. The Kier molecular flexibility index (Phi) is 5.21. The Bertz CT molecular complexity index is 732. The zero-order chi connectivity index (χ0) is 15.5. The van der Waals surface area contributed by atoms with Crippen molar-refractivity contribution in [2.45, 2.75) is 10.6 Å². The summed E-state index contributed by atoms with van der Waals surface area (Å²) in [4.78, 5) is 0.968. The van der Waals surface area contributed by atoms with Crippen molar-refractivity contribution >= 4 is 38.6 Å². The molecule has 1 aromatic heterocycles. The van der Waals surface area contributed by atoms with Crippen LogP contribution in [0.4, 0.5) is 10.1 Å². The summed E-state index contributed by atoms with van der Waals surface area (Å²) in [5.74, 6) is -0.520. The molecular weight excluding hydrogens is 335 g/mol. The van der Waals surface area contributed by atoms with Gasteiger partial charge in [-0.2, -0.15) is 0 Å². The third-order valence-electron chi connectivity index (χ3n) is 2.70. The van der Waals surface area contributed by atoms with Crippen LogP contribution in [0.1, 0.15) is 4.88 Å². The van der Waals surface area contributed by atoms with E-state index in [2.05, 4.69) is 10.0 Å². The summed E-state index contributed by atoms with van der Waals surface area (Å²) in [6, 6.07) is 6.84. The zero-order valence-corrected chi connectivity index (χ0v) is 13.6. The molecule has 2 aromatic rings. The SMILES string of the molecule is CNCCc1ccc(S(=O)(=O)Nc2ccc(F)cc2Cl)s1. The van der Waals surface area contributed by atoms with E-state index in [1.807, 2.05) is 7.05 Å². The molecule has 2 N–H and O–H groups in total. The van der Waals surface area contributed by atoms with Gasteiger partial charge in [0.1, 0.15) is 10.0 Å². The number of nitrogens with one attached hydrogen (secondary N) is 2. The van der Waals surface area contributed by atoms with Gasteiger partial charge in [0, 0.05) is 4.88 Å². The predicted octanol–water partition coefficient (Wildman–Crippen LogP) is 3.10. The molecule has 0 radical (unpaired) electrons. The molecule has 0 fully saturated rings. The number of rotatable bonds is 6. The molecule has 0 aliphatic carbocycles. The second kappa shape index (κ2) is 6.74. The molecule has 0 saturated heterocycles. The van der Waals surface area contributed by atoms with Crippen molar-refractivity contribution in [2.24, 2.45) is 0 Å². The number of hydrogen-bond donors (Lipinski definition) is 2. The van der Waals surface area contributed by atoms with Crippen LogP contribution in [0.2, 0.25) is 5.02 Å². The van der Waals surface area contributed by atoms with E-state index in [9.17, 15) is 12.8 Å². The third-order valence-corrected chi connectivity index (χ3v) is 6.01. The van der Waals surface area contributed by atoms with E-state index >= 15 is 0 Å². The molecule has 114 valence electrons. The Hall–Kier alpha value is -1.15. The van der Waals surface area contributed by atoms with Crippen molar-refractivity contribution < 1.29 is 12.8 Å². The molecule has 0 aliphatic rings. The van der Waals surface area contributed by atoms with E-state index < -0.39 is 15.8 Å². The fourth-order valence-corrected chi connectivity index (χ4v) is 4.36. The van der Waals surface area contributed by atoms with Crippen molar-refractivity contribution in [2.75, 3.05) is 18.3 Å². The number of anilines is 1. The average Bonchev–Trinajstić information content (AvgIpc) is 2.89. The van der Waals surface area contributed by atoms with E-state index in [0.717, 1.165) is 30.0 Å². The van der Waals surface area contributed by atoms with Crippen LogP contribution in [-0.4, -0.2) is 22.0 Å². The minimum absolute atomic E-state index is 0.0190. The van der Waals surface area contributed by atoms with Gasteiger partial charge in [0.25, 0.3) is 10.0 Å². The highest BCUT2D eigenvalue weighted by molar-refractivity contribution is 7.94. The lowest BCUT2D eigenvalue weighted by Crippen LogP contribution is -2.12. The molecule has 0 unspecified atom stereocenters. The fourth-order valence-electron chi connectivity index (χ4n) is 1.65. The average molecular weight is 349 g/mol. The number of hydrogen-bond acceptors (Lipinski definition) is 4. The summed E-state index contributed by atoms with van der Waals surface area (Å²) in [6.07, 6.45) is 0.758. The molecule has 0 atom stereocenters. The van der Waals surface area contributed by atoms with E-state index in [-0.39, 0.29) is 14.9 Å². The fraction of sp³-hybridized carbons (Fsp3) is 0.231. The van der Waals surface area contributed by atoms with Crippen molar-refractivity contribution in [1.29, 1.82) is 0 Å². The highest BCUT2D eigenvalue weighted by atomic mass is 35.5. The van der Waals surface area contributed by atoms with Crippen LogP contribution in [0.3, 0.4) is 0 Å². The quantitative estimate of drug-likeness (QED) is 0.843. The Labute approximate surface area is 132 Å². The van der Waals surface area contributed by atoms with Crippen LogP contribution >= 0.6 is 22.9 Å². The highest BCUT2D eigenvalue weighted by Crippen LogP contribution is 2.28. The largest absolute Gasteiger partial charge is 0.319 e. The van der Waals surface area contributed by atoms with Gasteiger partial charge in [0.05, 0.1) is 10.7 Å². The minimum atomic E-state index is -3.71. The monoisotopic (exact) mass is 348 g/mol. The second-order valence-electron chi connectivity index (χ2n) is 4.30. The van der Waals surface area contributed by atoms with Crippen LogP contribution in [0.25, 0.3) is 0 Å². The van der Waals surface area contributed by atoms with Gasteiger partial charge in [-0.05, 0) is 50.3 Å². The Morgan fingerprint density at radius 3 is 2.71 bits per heavy atom. The number of sulfonamides is 1. The summed E-state index contributed by atoms with van der Waals surface area (Å²) < 4.78 is 40.0. The molecule has 0 spiro atoms. The molecule has 1 aromatic carbocycles. The Morgan fingerprint density at radius 2 is 2.05 bits per heavy atom. The normalized spacial score (nSPS) is 11.6. The molecule has 0 amide bonds. The molecule has 0 aliphatic heterocycles. The number of likely N-dealkylation sites (N-methyl/N-ethyl adjacent to an activating group) is 1. The first-order valence-corrected chi connectivity index (χ1v) is 8.81. The lowest BCUT2D eigenvalue weighted by Gasteiger charge is -2.08. The predicted molar refractivity (Wildman–Crippen MR) is 84.2 cm³/mol. The van der Waals surface area contributed by atoms with Gasteiger partial charge < -0.3 is 5.32 Å². The molecule has 4 nitrogen and oxygen atoms in total. The van der Waals surface area contributed by atoms with Gasteiger partial charge in [0.15, 0.2) is 0 Å². The van der Waals surface area contributed by atoms with Crippen LogP contribution in [-0.2, 0) is 16.4 Å². The summed E-state index contributed by atoms with van der Waals surface area (Å²) >= 11 is 7.03. The molecule has 0 saturated carbocycles. The maximum atomic E-state index is 13.0. The Morgan fingerprint density at radius 1 is 1.29 bits per heavy atom. The topological polar surface area (TPSA) is 58.2 Å². The molecule has 8 heteroatoms. The minimum Gasteiger partial charge on any atom is -0.319 e. The first kappa shape index (κ1) is 16.2. The van der Waals surface area contributed by atoms with Crippen molar-refractivity contribution in [3.05, 3.63) is 46.0 Å². The first-order chi connectivity index (χ1) is 9.92. The van der Waals surface area contributed by atoms with E-state index in [1.54, 1.807) is 12.1 Å². The number of halogens is 2. The number of thiophene rings is 1. The smallest absolute Gasteiger partial charge is 0.271 e. The number of benzene rings is 1. The first-order valence-electron chi connectivity index (χ1n) is 6.13. The third kappa shape index (κ3) is 4.16. The molecule has 2 rings (SSSR count). The van der Waals surface area contributed by atoms with Crippen LogP contribution in [0, 0.1) is 5.82 Å². The molecule has 21 heavy (non-hydrogen) atoms. The van der Waals surface area contributed by atoms with Gasteiger partial charge in [-0.3, -0.25) is 4.72 Å². The lowest BCUT2D eigenvalue weighted by molar-refractivity contribution is 0.603. The van der Waals surface area contributed by atoms with Crippen molar-refractivity contribution in [3.8, 4) is 0 Å². The van der Waals surface area contributed by atoms with Crippen molar-refractivity contribution in [3.63, 3.8) is 0 Å². The van der Waals surface area contributed by atoms with Crippen molar-refractivity contribution in [1.82, 2.24) is 5.32 Å². The van der Waals surface area contributed by atoms with Crippen LogP contribution < -0.4 is 10.0 Å².